The van der Waals surface area contributed by atoms with Crippen molar-refractivity contribution < 1.29 is 5.11 Å². The molecule has 100 valence electrons. The predicted molar refractivity (Wildman–Crippen MR) is 79.8 cm³/mol. The van der Waals surface area contributed by atoms with Crippen LogP contribution in [0.5, 0.6) is 0 Å². The van der Waals surface area contributed by atoms with Gasteiger partial charge in [0.15, 0.2) is 0 Å². The van der Waals surface area contributed by atoms with Gasteiger partial charge in [-0.3, -0.25) is 0 Å². The summed E-state index contributed by atoms with van der Waals surface area (Å²) >= 11 is 3.49. The van der Waals surface area contributed by atoms with E-state index in [2.05, 4.69) is 47.2 Å². The van der Waals surface area contributed by atoms with Crippen molar-refractivity contribution in [2.24, 2.45) is 11.8 Å². The first kappa shape index (κ1) is 13.9. The zero-order valence-electron chi connectivity index (χ0n) is 11.1. The first-order valence-electron chi connectivity index (χ1n) is 6.72. The fraction of sp³-hybridized carbons (Fsp3) is 0.600. The molecule has 1 fully saturated rings. The van der Waals surface area contributed by atoms with E-state index in [-0.39, 0.29) is 12.1 Å². The van der Waals surface area contributed by atoms with Crippen LogP contribution in [-0.2, 0) is 0 Å². The Hall–Kier alpha value is -0.540. The van der Waals surface area contributed by atoms with Crippen LogP contribution >= 0.6 is 15.9 Å². The van der Waals surface area contributed by atoms with Crippen LogP contribution in [0.2, 0.25) is 0 Å². The fourth-order valence-electron chi connectivity index (χ4n) is 3.05. The van der Waals surface area contributed by atoms with E-state index in [9.17, 15) is 5.11 Å². The lowest BCUT2D eigenvalue weighted by molar-refractivity contribution is 0.0925. The molecule has 2 nitrogen and oxygen atoms in total. The maximum atomic E-state index is 9.89. The van der Waals surface area contributed by atoms with Gasteiger partial charge in [-0.05, 0) is 36.5 Å². The summed E-state index contributed by atoms with van der Waals surface area (Å²) in [5.41, 5.74) is 0.915. The smallest absolute Gasteiger partial charge is 0.0664 e. The predicted octanol–water partition coefficient (Wildman–Crippen LogP) is 4.05. The van der Waals surface area contributed by atoms with Gasteiger partial charge >= 0.3 is 0 Å². The summed E-state index contributed by atoms with van der Waals surface area (Å²) in [6.07, 6.45) is 3.50. The van der Waals surface area contributed by atoms with Gasteiger partial charge in [-0.1, -0.05) is 48.7 Å². The molecule has 3 atom stereocenters. The summed E-state index contributed by atoms with van der Waals surface area (Å²) in [4.78, 5) is 0. The number of aliphatic hydroxyl groups is 1. The molecule has 1 aromatic carbocycles. The van der Waals surface area contributed by atoms with Crippen LogP contribution in [0.4, 0.5) is 5.69 Å². The molecule has 3 heteroatoms. The molecular formula is C15H22BrNO. The molecule has 0 heterocycles. The van der Waals surface area contributed by atoms with E-state index >= 15 is 0 Å². The lowest BCUT2D eigenvalue weighted by atomic mass is 9.68. The average Bonchev–Trinajstić information content (AvgIpc) is 2.35. The third-order valence-electron chi connectivity index (χ3n) is 4.51. The van der Waals surface area contributed by atoms with Gasteiger partial charge in [0.25, 0.3) is 0 Å². The number of anilines is 1. The molecule has 2 N–H and O–H groups in total. The summed E-state index contributed by atoms with van der Waals surface area (Å²) in [6, 6.07) is 8.18. The molecule has 0 saturated heterocycles. The highest BCUT2D eigenvalue weighted by molar-refractivity contribution is 9.10. The first-order chi connectivity index (χ1) is 8.57. The number of nitrogens with one attached hydrogen (secondary N) is 1. The molecule has 1 aliphatic carbocycles. The van der Waals surface area contributed by atoms with Gasteiger partial charge in [0.05, 0.1) is 12.1 Å². The van der Waals surface area contributed by atoms with E-state index in [4.69, 9.17) is 0 Å². The van der Waals surface area contributed by atoms with Gasteiger partial charge < -0.3 is 10.4 Å². The molecule has 0 aliphatic heterocycles. The summed E-state index contributed by atoms with van der Waals surface area (Å²) < 4.78 is 1.07. The molecule has 0 radical (unpaired) electrons. The number of hydrogen-bond acceptors (Lipinski definition) is 2. The molecule has 0 spiro atoms. The Bertz CT molecular complexity index is 409. The minimum Gasteiger partial charge on any atom is -0.394 e. The zero-order valence-corrected chi connectivity index (χ0v) is 12.7. The van der Waals surface area contributed by atoms with Crippen LogP contribution in [0.25, 0.3) is 0 Å². The van der Waals surface area contributed by atoms with Crippen molar-refractivity contribution >= 4 is 21.6 Å². The number of aliphatic hydroxyl groups excluding tert-OH is 1. The quantitative estimate of drug-likeness (QED) is 0.882. The van der Waals surface area contributed by atoms with E-state index in [0.717, 1.165) is 16.6 Å². The van der Waals surface area contributed by atoms with Crippen LogP contribution in [0.15, 0.2) is 28.7 Å². The van der Waals surface area contributed by atoms with E-state index in [1.54, 1.807) is 0 Å². The van der Waals surface area contributed by atoms with Crippen molar-refractivity contribution in [2.75, 3.05) is 11.9 Å². The minimum atomic E-state index is -0.168. The van der Waals surface area contributed by atoms with Crippen LogP contribution in [0.3, 0.4) is 0 Å². The lowest BCUT2D eigenvalue weighted by Crippen LogP contribution is -2.52. The molecule has 1 aliphatic rings. The average molecular weight is 312 g/mol. The standard InChI is InChI=1S/C15H22BrNO/c1-11-5-4-8-15(10-18,12(11)2)17-14-7-3-6-13(16)9-14/h3,6-7,9,11-12,17-18H,4-5,8,10H2,1-2H3. The molecule has 1 aromatic rings. The number of rotatable bonds is 3. The molecular weight excluding hydrogens is 290 g/mol. The van der Waals surface area contributed by atoms with Crippen LogP contribution in [0.1, 0.15) is 33.1 Å². The Labute approximate surface area is 118 Å². The molecule has 18 heavy (non-hydrogen) atoms. The van der Waals surface area contributed by atoms with Gasteiger partial charge in [0.2, 0.25) is 0 Å². The van der Waals surface area contributed by atoms with Crippen LogP contribution in [-0.4, -0.2) is 17.3 Å². The Morgan fingerprint density at radius 3 is 2.89 bits per heavy atom. The lowest BCUT2D eigenvalue weighted by Gasteiger charge is -2.46. The normalized spacial score (nSPS) is 32.2. The molecule has 1 saturated carbocycles. The zero-order chi connectivity index (χ0) is 13.2. The van der Waals surface area contributed by atoms with Crippen molar-refractivity contribution in [1.29, 1.82) is 0 Å². The number of benzene rings is 1. The Kier molecular flexibility index (Phi) is 4.33. The van der Waals surface area contributed by atoms with Crippen molar-refractivity contribution in [3.05, 3.63) is 28.7 Å². The third-order valence-corrected chi connectivity index (χ3v) is 5.00. The second-order valence-electron chi connectivity index (χ2n) is 5.61. The highest BCUT2D eigenvalue weighted by atomic mass is 79.9. The summed E-state index contributed by atoms with van der Waals surface area (Å²) in [7, 11) is 0. The van der Waals surface area contributed by atoms with Crippen molar-refractivity contribution in [1.82, 2.24) is 0 Å². The van der Waals surface area contributed by atoms with Gasteiger partial charge in [-0.25, -0.2) is 0 Å². The van der Waals surface area contributed by atoms with Crippen molar-refractivity contribution in [2.45, 2.75) is 38.6 Å². The van der Waals surface area contributed by atoms with Gasteiger partial charge in [0.1, 0.15) is 0 Å². The maximum absolute atomic E-state index is 9.89. The molecule has 2 rings (SSSR count). The molecule has 0 amide bonds. The van der Waals surface area contributed by atoms with E-state index in [1.165, 1.54) is 12.8 Å². The Morgan fingerprint density at radius 1 is 1.44 bits per heavy atom. The molecule has 0 bridgehead atoms. The van der Waals surface area contributed by atoms with E-state index in [0.29, 0.717) is 11.8 Å². The first-order valence-corrected chi connectivity index (χ1v) is 7.51. The number of hydrogen-bond donors (Lipinski definition) is 2. The van der Waals surface area contributed by atoms with Gasteiger partial charge in [-0.2, -0.15) is 0 Å². The minimum absolute atomic E-state index is 0.168. The maximum Gasteiger partial charge on any atom is 0.0664 e. The van der Waals surface area contributed by atoms with Gasteiger partial charge in [0, 0.05) is 10.2 Å². The van der Waals surface area contributed by atoms with Crippen molar-refractivity contribution in [3.63, 3.8) is 0 Å². The summed E-state index contributed by atoms with van der Waals surface area (Å²) in [5, 5.41) is 13.5. The highest BCUT2D eigenvalue weighted by Gasteiger charge is 2.41. The largest absolute Gasteiger partial charge is 0.394 e. The van der Waals surface area contributed by atoms with Gasteiger partial charge in [-0.15, -0.1) is 0 Å². The molecule has 0 aromatic heterocycles. The van der Waals surface area contributed by atoms with Crippen molar-refractivity contribution in [3.8, 4) is 0 Å². The van der Waals surface area contributed by atoms with Crippen LogP contribution in [0, 0.1) is 11.8 Å². The highest BCUT2D eigenvalue weighted by Crippen LogP contribution is 2.39. The molecule has 3 unspecified atom stereocenters. The third kappa shape index (κ3) is 2.72. The SMILES string of the molecule is CC1CCCC(CO)(Nc2cccc(Br)c2)C1C. The Balaban J connectivity index is 2.22. The number of halogens is 1. The monoisotopic (exact) mass is 311 g/mol. The second kappa shape index (κ2) is 5.62. The second-order valence-corrected chi connectivity index (χ2v) is 6.52. The van der Waals surface area contributed by atoms with Crippen LogP contribution < -0.4 is 5.32 Å². The van der Waals surface area contributed by atoms with E-state index < -0.39 is 0 Å². The summed E-state index contributed by atoms with van der Waals surface area (Å²) in [5.74, 6) is 1.14. The fourth-order valence-corrected chi connectivity index (χ4v) is 3.45. The van der Waals surface area contributed by atoms with E-state index in [1.807, 2.05) is 12.1 Å². The Morgan fingerprint density at radius 2 is 2.22 bits per heavy atom. The topological polar surface area (TPSA) is 32.3 Å². The summed E-state index contributed by atoms with van der Waals surface area (Å²) in [6.45, 7) is 4.74.